The van der Waals surface area contributed by atoms with Gasteiger partial charge in [-0.05, 0) is 127 Å². The Morgan fingerprint density at radius 3 is 1.70 bits per heavy atom. The number of hydrogen-bond acceptors (Lipinski definition) is 1. The Bertz CT molecular complexity index is 2200. The van der Waals surface area contributed by atoms with E-state index in [1.165, 1.54) is 82.4 Å². The minimum absolute atomic E-state index is 0.877. The maximum absolute atomic E-state index is 5.49. The zero-order valence-corrected chi connectivity index (χ0v) is 25.2. The van der Waals surface area contributed by atoms with Crippen LogP contribution in [0.25, 0.3) is 65.7 Å². The molecule has 0 saturated carbocycles. The molecule has 0 atom stereocenters. The van der Waals surface area contributed by atoms with Gasteiger partial charge in [-0.2, -0.15) is 0 Å². The highest BCUT2D eigenvalue weighted by atomic mass is 14.5. The summed E-state index contributed by atoms with van der Waals surface area (Å²) in [4.78, 5) is 0. The molecular formula is C43H35N. The first-order chi connectivity index (χ1) is 21.6. The molecule has 0 amide bonds. The van der Waals surface area contributed by atoms with Crippen molar-refractivity contribution in [3.63, 3.8) is 0 Å². The van der Waals surface area contributed by atoms with Gasteiger partial charge in [0, 0.05) is 0 Å². The highest BCUT2D eigenvalue weighted by molar-refractivity contribution is 6.25. The average molecular weight is 566 g/mol. The molecule has 44 heavy (non-hydrogen) atoms. The molecule has 0 radical (unpaired) electrons. The zero-order valence-electron chi connectivity index (χ0n) is 25.2. The number of rotatable bonds is 6. The van der Waals surface area contributed by atoms with Crippen molar-refractivity contribution < 1.29 is 0 Å². The van der Waals surface area contributed by atoms with Crippen LogP contribution >= 0.6 is 0 Å². The van der Waals surface area contributed by atoms with E-state index in [9.17, 15) is 0 Å². The van der Waals surface area contributed by atoms with E-state index in [0.29, 0.717) is 0 Å². The van der Waals surface area contributed by atoms with E-state index in [4.69, 9.17) is 5.73 Å². The number of fused-ring (bicyclic) bond motifs is 6. The summed E-state index contributed by atoms with van der Waals surface area (Å²) in [5.74, 6) is 0. The fraction of sp³-hybridized carbons (Fsp3) is 0.0698. The lowest BCUT2D eigenvalue weighted by Crippen LogP contribution is -1.94. The van der Waals surface area contributed by atoms with Crippen LogP contribution in [0.4, 0.5) is 0 Å². The third kappa shape index (κ3) is 4.87. The lowest BCUT2D eigenvalue weighted by molar-refractivity contribution is 1.21. The van der Waals surface area contributed by atoms with E-state index in [1.54, 1.807) is 6.20 Å². The van der Waals surface area contributed by atoms with Crippen LogP contribution in [0.5, 0.6) is 0 Å². The Kier molecular flexibility index (Phi) is 7.30. The van der Waals surface area contributed by atoms with E-state index in [-0.39, 0.29) is 0 Å². The van der Waals surface area contributed by atoms with Crippen molar-refractivity contribution in [3.05, 3.63) is 169 Å². The smallest absolute Gasteiger partial charge is 0.00625 e. The highest BCUT2D eigenvalue weighted by Crippen LogP contribution is 2.39. The normalized spacial score (nSPS) is 11.9. The summed E-state index contributed by atoms with van der Waals surface area (Å²) in [6, 6.07) is 46.8. The Labute approximate surface area is 259 Å². The van der Waals surface area contributed by atoms with Gasteiger partial charge in [0.15, 0.2) is 0 Å². The molecule has 1 nitrogen and oxygen atoms in total. The molecule has 212 valence electrons. The largest absolute Gasteiger partial charge is 0.405 e. The summed E-state index contributed by atoms with van der Waals surface area (Å²) in [7, 11) is 0. The summed E-state index contributed by atoms with van der Waals surface area (Å²) < 4.78 is 0. The molecule has 7 rings (SSSR count). The monoisotopic (exact) mass is 565 g/mol. The zero-order chi connectivity index (χ0) is 30.0. The molecule has 7 aromatic rings. The Hall–Kier alpha value is -5.40. The Morgan fingerprint density at radius 1 is 0.455 bits per heavy atom. The quantitative estimate of drug-likeness (QED) is 0.157. The van der Waals surface area contributed by atoms with Crippen LogP contribution in [-0.2, 0) is 6.42 Å². The van der Waals surface area contributed by atoms with Crippen molar-refractivity contribution in [1.82, 2.24) is 0 Å². The van der Waals surface area contributed by atoms with Crippen molar-refractivity contribution in [2.24, 2.45) is 5.73 Å². The molecule has 0 unspecified atom stereocenters. The van der Waals surface area contributed by atoms with E-state index < -0.39 is 0 Å². The molecule has 0 aromatic heterocycles. The molecule has 0 heterocycles. The van der Waals surface area contributed by atoms with Crippen LogP contribution in [0.1, 0.15) is 16.7 Å². The minimum Gasteiger partial charge on any atom is -0.405 e. The molecule has 2 N–H and O–H groups in total. The van der Waals surface area contributed by atoms with Crippen LogP contribution < -0.4 is 5.73 Å². The topological polar surface area (TPSA) is 26.0 Å². The van der Waals surface area contributed by atoms with Crippen molar-refractivity contribution >= 4 is 32.3 Å². The van der Waals surface area contributed by atoms with Gasteiger partial charge in [-0.1, -0.05) is 127 Å². The van der Waals surface area contributed by atoms with Crippen molar-refractivity contribution in [2.45, 2.75) is 20.3 Å². The SMILES string of the molecule is Cc1c(C/C=C\C=C/N)cccc1-c1cccc(-c2cccc(-c3ccc4c5ccccc5c5ccccc5c4c3)c2)c1C. The van der Waals surface area contributed by atoms with Crippen LogP contribution in [0.3, 0.4) is 0 Å². The van der Waals surface area contributed by atoms with Crippen molar-refractivity contribution in [3.8, 4) is 33.4 Å². The third-order valence-electron chi connectivity index (χ3n) is 9.02. The first kappa shape index (κ1) is 27.4. The maximum atomic E-state index is 5.49. The molecule has 0 aliphatic carbocycles. The molecule has 0 fully saturated rings. The summed E-state index contributed by atoms with van der Waals surface area (Å²) in [6.45, 7) is 4.49. The standard InChI is InChI=1S/C43H35N/c1-29-31(13-4-3-9-26-44)14-11-22-36(29)37-23-12-21-35(30(37)2)34-16-10-15-32(27-34)33-24-25-42-40-19-6-5-17-38(40)39-18-7-8-20-41(39)43(42)28-33/h3-12,14-28H,13,44H2,1-2H3/b4-3-,26-9-. The Balaban J connectivity index is 1.31. The van der Waals surface area contributed by atoms with E-state index in [2.05, 4.69) is 147 Å². The van der Waals surface area contributed by atoms with Crippen molar-refractivity contribution in [2.75, 3.05) is 0 Å². The first-order valence-electron chi connectivity index (χ1n) is 15.3. The van der Waals surface area contributed by atoms with E-state index >= 15 is 0 Å². The van der Waals surface area contributed by atoms with E-state index in [1.807, 2.05) is 12.2 Å². The van der Waals surface area contributed by atoms with Crippen LogP contribution in [0, 0.1) is 13.8 Å². The van der Waals surface area contributed by atoms with Gasteiger partial charge in [-0.3, -0.25) is 0 Å². The molecule has 7 aromatic carbocycles. The number of allylic oxidation sites excluding steroid dienone is 3. The molecule has 0 bridgehead atoms. The van der Waals surface area contributed by atoms with Gasteiger partial charge >= 0.3 is 0 Å². The molecule has 1 heteroatoms. The number of hydrogen-bond donors (Lipinski definition) is 1. The fourth-order valence-electron chi connectivity index (χ4n) is 6.73. The second-order valence-electron chi connectivity index (χ2n) is 11.5. The summed E-state index contributed by atoms with van der Waals surface area (Å²) in [5, 5.41) is 7.80. The van der Waals surface area contributed by atoms with Gasteiger partial charge in [0.2, 0.25) is 0 Å². The molecule has 0 aliphatic heterocycles. The van der Waals surface area contributed by atoms with Crippen LogP contribution in [0.15, 0.2) is 152 Å². The predicted molar refractivity (Wildman–Crippen MR) is 191 cm³/mol. The molecular weight excluding hydrogens is 530 g/mol. The van der Waals surface area contributed by atoms with Gasteiger partial charge in [0.05, 0.1) is 0 Å². The van der Waals surface area contributed by atoms with Gasteiger partial charge < -0.3 is 5.73 Å². The lowest BCUT2D eigenvalue weighted by Gasteiger charge is -2.16. The van der Waals surface area contributed by atoms with Gasteiger partial charge in [0.25, 0.3) is 0 Å². The molecule has 0 spiro atoms. The van der Waals surface area contributed by atoms with Crippen LogP contribution in [0.2, 0.25) is 0 Å². The average Bonchev–Trinajstić information content (AvgIpc) is 3.07. The van der Waals surface area contributed by atoms with E-state index in [0.717, 1.165) is 6.42 Å². The maximum Gasteiger partial charge on any atom is -0.00625 e. The molecule has 0 aliphatic rings. The van der Waals surface area contributed by atoms with Crippen molar-refractivity contribution in [1.29, 1.82) is 0 Å². The van der Waals surface area contributed by atoms with Gasteiger partial charge in [0.1, 0.15) is 0 Å². The third-order valence-corrected chi connectivity index (χ3v) is 9.02. The first-order valence-corrected chi connectivity index (χ1v) is 15.3. The number of benzene rings is 7. The number of nitrogens with two attached hydrogens (primary N) is 1. The van der Waals surface area contributed by atoms with Gasteiger partial charge in [-0.15, -0.1) is 0 Å². The minimum atomic E-state index is 0.877. The Morgan fingerprint density at radius 2 is 1.00 bits per heavy atom. The second kappa shape index (κ2) is 11.7. The fourth-order valence-corrected chi connectivity index (χ4v) is 6.73. The summed E-state index contributed by atoms with van der Waals surface area (Å²) in [6.07, 6.45) is 8.46. The summed E-state index contributed by atoms with van der Waals surface area (Å²) >= 11 is 0. The second-order valence-corrected chi connectivity index (χ2v) is 11.5. The van der Waals surface area contributed by atoms with Crippen LogP contribution in [-0.4, -0.2) is 0 Å². The van der Waals surface area contributed by atoms with Gasteiger partial charge in [-0.25, -0.2) is 0 Å². The lowest BCUT2D eigenvalue weighted by atomic mass is 9.88. The summed E-state index contributed by atoms with van der Waals surface area (Å²) in [5.41, 5.74) is 16.9. The predicted octanol–water partition coefficient (Wildman–Crippen LogP) is 11.3. The molecule has 0 saturated heterocycles. The highest BCUT2D eigenvalue weighted by Gasteiger charge is 2.13.